The van der Waals surface area contributed by atoms with Crippen LogP contribution in [0.25, 0.3) is 0 Å². The summed E-state index contributed by atoms with van der Waals surface area (Å²) in [5.74, 6) is 0. The molecule has 2 atom stereocenters. The Morgan fingerprint density at radius 3 is 2.88 bits per heavy atom. The van der Waals surface area contributed by atoms with Gasteiger partial charge in [-0.05, 0) is 13.8 Å². The third-order valence-electron chi connectivity index (χ3n) is 2.67. The molecule has 1 heterocycles. The fourth-order valence-corrected chi connectivity index (χ4v) is 1.46. The van der Waals surface area contributed by atoms with Crippen LogP contribution in [0, 0.1) is 0 Å². The first-order valence-electron chi connectivity index (χ1n) is 5.69. The number of hydrogen-bond acceptors (Lipinski definition) is 4. The smallest absolute Gasteiger partial charge is 0.0667 e. The third-order valence-corrected chi connectivity index (χ3v) is 2.67. The fraction of sp³-hybridized carbons (Fsp3) is 0.727. The maximum absolute atomic E-state index is 5.74. The first-order chi connectivity index (χ1) is 7.71. The highest BCUT2D eigenvalue weighted by Gasteiger charge is 2.12. The number of hydrogen-bond donors (Lipinski definition) is 2. The van der Waals surface area contributed by atoms with Crippen molar-refractivity contribution >= 4 is 0 Å². The number of ether oxygens (including phenoxy) is 1. The van der Waals surface area contributed by atoms with Crippen molar-refractivity contribution in [3.05, 3.63) is 18.0 Å². The fourth-order valence-electron chi connectivity index (χ4n) is 1.46. The normalized spacial score (nSPS) is 15.0. The maximum Gasteiger partial charge on any atom is 0.0667 e. The predicted octanol–water partition coefficient (Wildman–Crippen LogP) is 0.527. The van der Waals surface area contributed by atoms with Crippen molar-refractivity contribution in [3.63, 3.8) is 0 Å². The van der Waals surface area contributed by atoms with E-state index in [2.05, 4.69) is 17.3 Å². The quantitative estimate of drug-likeness (QED) is 0.711. The number of methoxy groups -OCH3 is 1. The second-order valence-corrected chi connectivity index (χ2v) is 3.87. The highest BCUT2D eigenvalue weighted by Crippen LogP contribution is 2.10. The van der Waals surface area contributed by atoms with Gasteiger partial charge in [0.05, 0.1) is 12.3 Å². The number of aromatic nitrogens is 2. The van der Waals surface area contributed by atoms with Gasteiger partial charge in [-0.2, -0.15) is 5.10 Å². The molecule has 1 rings (SSSR count). The molecule has 0 radical (unpaired) electrons. The van der Waals surface area contributed by atoms with Crippen molar-refractivity contribution in [2.75, 3.05) is 20.2 Å². The molecule has 1 aromatic rings. The molecule has 0 aromatic carbocycles. The van der Waals surface area contributed by atoms with E-state index in [1.807, 2.05) is 24.0 Å². The number of nitrogens with two attached hydrogens (primary N) is 1. The lowest BCUT2D eigenvalue weighted by Gasteiger charge is -2.18. The summed E-state index contributed by atoms with van der Waals surface area (Å²) in [6.45, 7) is 6.32. The standard InChI is InChI=1S/C11H22N4O/c1-4-15-8-10(7-14-15)11(5-12)13-6-9(2)16-3/h7-9,11,13H,4-6,12H2,1-3H3. The van der Waals surface area contributed by atoms with Gasteiger partial charge in [0.25, 0.3) is 0 Å². The Morgan fingerprint density at radius 1 is 1.62 bits per heavy atom. The lowest BCUT2D eigenvalue weighted by atomic mass is 10.1. The van der Waals surface area contributed by atoms with Gasteiger partial charge in [0.2, 0.25) is 0 Å². The van der Waals surface area contributed by atoms with Crippen LogP contribution >= 0.6 is 0 Å². The zero-order valence-corrected chi connectivity index (χ0v) is 10.3. The topological polar surface area (TPSA) is 65.1 Å². The van der Waals surface area contributed by atoms with Crippen LogP contribution in [-0.4, -0.2) is 36.1 Å². The average Bonchev–Trinajstić information content (AvgIpc) is 2.78. The summed E-state index contributed by atoms with van der Waals surface area (Å²) in [5.41, 5.74) is 6.87. The maximum atomic E-state index is 5.74. The van der Waals surface area contributed by atoms with Gasteiger partial charge in [0.15, 0.2) is 0 Å². The van der Waals surface area contributed by atoms with E-state index in [-0.39, 0.29) is 12.1 Å². The van der Waals surface area contributed by atoms with Crippen LogP contribution in [0.2, 0.25) is 0 Å². The summed E-state index contributed by atoms with van der Waals surface area (Å²) in [5, 5.41) is 7.61. The summed E-state index contributed by atoms with van der Waals surface area (Å²) in [4.78, 5) is 0. The molecule has 3 N–H and O–H groups in total. The molecular weight excluding hydrogens is 204 g/mol. The minimum absolute atomic E-state index is 0.151. The van der Waals surface area contributed by atoms with Gasteiger partial charge in [-0.25, -0.2) is 0 Å². The first kappa shape index (κ1) is 13.2. The number of rotatable bonds is 7. The number of aryl methyl sites for hydroxylation is 1. The molecule has 0 aliphatic heterocycles. The van der Waals surface area contributed by atoms with Crippen molar-refractivity contribution in [2.24, 2.45) is 5.73 Å². The molecule has 16 heavy (non-hydrogen) atoms. The van der Waals surface area contributed by atoms with Crippen molar-refractivity contribution < 1.29 is 4.74 Å². The van der Waals surface area contributed by atoms with E-state index in [0.717, 1.165) is 18.7 Å². The average molecular weight is 226 g/mol. The Morgan fingerprint density at radius 2 is 2.38 bits per heavy atom. The van der Waals surface area contributed by atoms with Crippen molar-refractivity contribution in [3.8, 4) is 0 Å². The Labute approximate surface area is 97.0 Å². The predicted molar refractivity (Wildman–Crippen MR) is 64.2 cm³/mol. The minimum Gasteiger partial charge on any atom is -0.380 e. The van der Waals surface area contributed by atoms with E-state index in [0.29, 0.717) is 6.54 Å². The van der Waals surface area contributed by atoms with Crippen LogP contribution in [-0.2, 0) is 11.3 Å². The largest absolute Gasteiger partial charge is 0.380 e. The van der Waals surface area contributed by atoms with E-state index in [9.17, 15) is 0 Å². The van der Waals surface area contributed by atoms with Gasteiger partial charge in [0, 0.05) is 44.5 Å². The van der Waals surface area contributed by atoms with Crippen LogP contribution in [0.1, 0.15) is 25.5 Å². The second kappa shape index (κ2) is 6.62. The number of nitrogens with one attached hydrogen (secondary N) is 1. The van der Waals surface area contributed by atoms with E-state index in [1.165, 1.54) is 0 Å². The zero-order valence-electron chi connectivity index (χ0n) is 10.3. The molecule has 5 heteroatoms. The molecule has 5 nitrogen and oxygen atoms in total. The molecule has 0 saturated heterocycles. The lowest BCUT2D eigenvalue weighted by molar-refractivity contribution is 0.114. The molecule has 0 aliphatic rings. The van der Waals surface area contributed by atoms with E-state index >= 15 is 0 Å². The van der Waals surface area contributed by atoms with Gasteiger partial charge in [-0.15, -0.1) is 0 Å². The molecule has 0 amide bonds. The molecule has 0 aliphatic carbocycles. The van der Waals surface area contributed by atoms with Crippen LogP contribution in [0.3, 0.4) is 0 Å². The summed E-state index contributed by atoms with van der Waals surface area (Å²) < 4.78 is 7.09. The molecule has 0 bridgehead atoms. The SMILES string of the molecule is CCn1cc(C(CN)NCC(C)OC)cn1. The number of nitrogens with zero attached hydrogens (tertiary/aromatic N) is 2. The minimum atomic E-state index is 0.151. The van der Waals surface area contributed by atoms with E-state index < -0.39 is 0 Å². The molecule has 0 fully saturated rings. The Kier molecular flexibility index (Phi) is 5.45. The van der Waals surface area contributed by atoms with Crippen LogP contribution in [0.4, 0.5) is 0 Å². The molecule has 1 aromatic heterocycles. The van der Waals surface area contributed by atoms with Crippen LogP contribution in [0.5, 0.6) is 0 Å². The van der Waals surface area contributed by atoms with Gasteiger partial charge in [-0.3, -0.25) is 4.68 Å². The van der Waals surface area contributed by atoms with Crippen molar-refractivity contribution in [1.29, 1.82) is 0 Å². The summed E-state index contributed by atoms with van der Waals surface area (Å²) in [6.07, 6.45) is 4.09. The zero-order chi connectivity index (χ0) is 12.0. The Bertz CT molecular complexity index is 300. The third kappa shape index (κ3) is 3.59. The van der Waals surface area contributed by atoms with Crippen molar-refractivity contribution in [1.82, 2.24) is 15.1 Å². The molecular formula is C11H22N4O. The highest BCUT2D eigenvalue weighted by atomic mass is 16.5. The summed E-state index contributed by atoms with van der Waals surface area (Å²) in [7, 11) is 1.71. The molecule has 0 saturated carbocycles. The molecule has 2 unspecified atom stereocenters. The first-order valence-corrected chi connectivity index (χ1v) is 5.69. The van der Waals surface area contributed by atoms with Gasteiger partial charge in [-0.1, -0.05) is 0 Å². The van der Waals surface area contributed by atoms with Crippen LogP contribution in [0.15, 0.2) is 12.4 Å². The molecule has 92 valence electrons. The van der Waals surface area contributed by atoms with E-state index in [1.54, 1.807) is 7.11 Å². The Hall–Kier alpha value is -0.910. The lowest BCUT2D eigenvalue weighted by Crippen LogP contribution is -2.33. The summed E-state index contributed by atoms with van der Waals surface area (Å²) >= 11 is 0. The Balaban J connectivity index is 2.53. The highest BCUT2D eigenvalue weighted by molar-refractivity contribution is 5.10. The summed E-state index contributed by atoms with van der Waals surface area (Å²) in [6, 6.07) is 0.151. The van der Waals surface area contributed by atoms with Gasteiger partial charge < -0.3 is 15.8 Å². The van der Waals surface area contributed by atoms with Crippen LogP contribution < -0.4 is 11.1 Å². The van der Waals surface area contributed by atoms with Gasteiger partial charge in [0.1, 0.15) is 0 Å². The van der Waals surface area contributed by atoms with Gasteiger partial charge >= 0.3 is 0 Å². The molecule has 0 spiro atoms. The monoisotopic (exact) mass is 226 g/mol. The van der Waals surface area contributed by atoms with E-state index in [4.69, 9.17) is 10.5 Å². The van der Waals surface area contributed by atoms with Crippen molar-refractivity contribution in [2.45, 2.75) is 32.5 Å². The second-order valence-electron chi connectivity index (χ2n) is 3.87.